The normalized spacial score (nSPS) is 18.9. The van der Waals surface area contributed by atoms with E-state index >= 15 is 0 Å². The highest BCUT2D eigenvalue weighted by Crippen LogP contribution is 2.39. The summed E-state index contributed by atoms with van der Waals surface area (Å²) in [5.41, 5.74) is 2.76. The van der Waals surface area contributed by atoms with Crippen molar-refractivity contribution in [3.63, 3.8) is 0 Å². The van der Waals surface area contributed by atoms with Crippen molar-refractivity contribution in [1.29, 1.82) is 0 Å². The summed E-state index contributed by atoms with van der Waals surface area (Å²) in [6, 6.07) is 5.56. The largest absolute Gasteiger partial charge is 0.363 e. The Balaban J connectivity index is 1.44. The maximum Gasteiger partial charge on any atom is 0.244 e. The van der Waals surface area contributed by atoms with Crippen LogP contribution < -0.4 is 10.0 Å². The van der Waals surface area contributed by atoms with Gasteiger partial charge in [0.1, 0.15) is 10.7 Å². The molecule has 4 rings (SSSR count). The molecule has 3 heterocycles. The predicted octanol–water partition coefficient (Wildman–Crippen LogP) is 1.60. The first kappa shape index (κ1) is 20.2. The number of nitrogens with zero attached hydrogens (tertiary/aromatic N) is 2. The van der Waals surface area contributed by atoms with Gasteiger partial charge in [-0.15, -0.1) is 0 Å². The van der Waals surface area contributed by atoms with Crippen LogP contribution in [0, 0.1) is 12.8 Å². The van der Waals surface area contributed by atoms with E-state index in [0.29, 0.717) is 18.0 Å². The summed E-state index contributed by atoms with van der Waals surface area (Å²) in [5, 5.41) is 3.07. The molecule has 0 bridgehead atoms. The van der Waals surface area contributed by atoms with E-state index in [9.17, 15) is 16.8 Å². The molecule has 2 N–H and O–H groups in total. The number of pyridine rings is 2. The summed E-state index contributed by atoms with van der Waals surface area (Å²) in [4.78, 5) is 8.74. The van der Waals surface area contributed by atoms with Gasteiger partial charge in [-0.1, -0.05) is 6.07 Å². The minimum absolute atomic E-state index is 0.0230. The Morgan fingerprint density at radius 1 is 1.14 bits per heavy atom. The zero-order chi connectivity index (χ0) is 20.6. The van der Waals surface area contributed by atoms with Crippen molar-refractivity contribution in [2.24, 2.45) is 5.92 Å². The van der Waals surface area contributed by atoms with Crippen LogP contribution in [0.3, 0.4) is 0 Å². The fraction of sp³-hybridized carbons (Fsp3) is 0.474. The molecule has 0 aromatic carbocycles. The van der Waals surface area contributed by atoms with E-state index in [2.05, 4.69) is 26.1 Å². The molecule has 2 aromatic rings. The Hall–Kier alpha value is -2.04. The number of aromatic nitrogens is 2. The maximum atomic E-state index is 12.8. The molecule has 29 heavy (non-hydrogen) atoms. The van der Waals surface area contributed by atoms with E-state index < -0.39 is 19.9 Å². The van der Waals surface area contributed by atoms with Crippen LogP contribution in [0.5, 0.6) is 0 Å². The van der Waals surface area contributed by atoms with Crippen LogP contribution in [-0.4, -0.2) is 44.9 Å². The molecule has 10 heteroatoms. The highest BCUT2D eigenvalue weighted by atomic mass is 32.2. The van der Waals surface area contributed by atoms with Gasteiger partial charge in [0, 0.05) is 24.9 Å². The Morgan fingerprint density at radius 2 is 1.90 bits per heavy atom. The first-order chi connectivity index (χ1) is 13.7. The van der Waals surface area contributed by atoms with Gasteiger partial charge in [-0.2, -0.15) is 0 Å². The molecule has 0 unspecified atom stereocenters. The first-order valence-corrected chi connectivity index (χ1v) is 12.9. The van der Waals surface area contributed by atoms with Crippen LogP contribution in [0.2, 0.25) is 0 Å². The summed E-state index contributed by atoms with van der Waals surface area (Å²) in [5.74, 6) is 0.747. The number of hydrogen-bond donors (Lipinski definition) is 2. The Kier molecular flexibility index (Phi) is 5.34. The molecule has 2 aliphatic rings. The van der Waals surface area contributed by atoms with Crippen molar-refractivity contribution < 1.29 is 16.8 Å². The Morgan fingerprint density at radius 3 is 2.52 bits per heavy atom. The average molecular weight is 437 g/mol. The molecule has 1 saturated carbocycles. The van der Waals surface area contributed by atoms with Gasteiger partial charge in [0.2, 0.25) is 10.0 Å². The molecule has 8 nitrogen and oxygen atoms in total. The van der Waals surface area contributed by atoms with Crippen molar-refractivity contribution in [1.82, 2.24) is 14.7 Å². The predicted molar refractivity (Wildman–Crippen MR) is 110 cm³/mol. The standard InChI is InChI=1S/C19H24N4O4S2/c1-13-6-18(29(26,27)23-8-14-11-28(24,25)12-14)19(21-7-13)22-10-17-5-4-16(9-20-17)15-2-3-15/h4-7,9,14-15,23H,2-3,8,10-12H2,1H3,(H,21,22). The molecular formula is C19H24N4O4S2. The van der Waals surface area contributed by atoms with Gasteiger partial charge < -0.3 is 5.32 Å². The quantitative estimate of drug-likeness (QED) is 0.645. The molecule has 1 saturated heterocycles. The van der Waals surface area contributed by atoms with Gasteiger partial charge in [-0.05, 0) is 48.9 Å². The van der Waals surface area contributed by atoms with Crippen LogP contribution in [-0.2, 0) is 26.4 Å². The van der Waals surface area contributed by atoms with Crippen molar-refractivity contribution in [3.8, 4) is 0 Å². The minimum Gasteiger partial charge on any atom is -0.363 e. The fourth-order valence-electron chi connectivity index (χ4n) is 3.35. The molecular weight excluding hydrogens is 412 g/mol. The van der Waals surface area contributed by atoms with E-state index in [-0.39, 0.29) is 34.7 Å². The number of sulfonamides is 1. The van der Waals surface area contributed by atoms with E-state index in [1.54, 1.807) is 19.2 Å². The third-order valence-electron chi connectivity index (χ3n) is 5.15. The average Bonchev–Trinajstić information content (AvgIpc) is 3.49. The molecule has 156 valence electrons. The molecule has 0 atom stereocenters. The molecule has 2 fully saturated rings. The van der Waals surface area contributed by atoms with Gasteiger partial charge >= 0.3 is 0 Å². The highest BCUT2D eigenvalue weighted by molar-refractivity contribution is 7.92. The van der Waals surface area contributed by atoms with Crippen molar-refractivity contribution >= 4 is 25.7 Å². The number of hydrogen-bond acceptors (Lipinski definition) is 7. The highest BCUT2D eigenvalue weighted by Gasteiger charge is 2.34. The van der Waals surface area contributed by atoms with Gasteiger partial charge in [0.05, 0.1) is 23.7 Å². The van der Waals surface area contributed by atoms with E-state index in [4.69, 9.17) is 0 Å². The third kappa shape index (κ3) is 4.93. The molecule has 0 amide bonds. The fourth-order valence-corrected chi connectivity index (χ4v) is 6.25. The lowest BCUT2D eigenvalue weighted by atomic mass is 10.2. The Labute approximate surface area is 171 Å². The van der Waals surface area contributed by atoms with Crippen molar-refractivity contribution in [3.05, 3.63) is 47.4 Å². The van der Waals surface area contributed by atoms with Crippen LogP contribution in [0.1, 0.15) is 35.6 Å². The number of anilines is 1. The van der Waals surface area contributed by atoms with E-state index in [0.717, 1.165) is 5.69 Å². The van der Waals surface area contributed by atoms with E-state index in [1.807, 2.05) is 12.3 Å². The summed E-state index contributed by atoms with van der Waals surface area (Å²) >= 11 is 0. The van der Waals surface area contributed by atoms with Gasteiger partial charge in [0.15, 0.2) is 9.84 Å². The van der Waals surface area contributed by atoms with Crippen molar-refractivity contribution in [2.75, 3.05) is 23.4 Å². The molecule has 2 aromatic heterocycles. The van der Waals surface area contributed by atoms with Gasteiger partial charge in [-0.3, -0.25) is 4.98 Å². The SMILES string of the molecule is Cc1cnc(NCc2ccc(C3CC3)cn2)c(S(=O)(=O)NCC2CS(=O)(=O)C2)c1. The number of aryl methyl sites for hydroxylation is 1. The second-order valence-corrected chi connectivity index (χ2v) is 11.8. The third-order valence-corrected chi connectivity index (χ3v) is 8.55. The maximum absolute atomic E-state index is 12.8. The molecule has 0 spiro atoms. The minimum atomic E-state index is -3.83. The second-order valence-electron chi connectivity index (χ2n) is 7.86. The zero-order valence-corrected chi connectivity index (χ0v) is 17.8. The smallest absolute Gasteiger partial charge is 0.244 e. The summed E-state index contributed by atoms with van der Waals surface area (Å²) in [6.45, 7) is 2.22. The summed E-state index contributed by atoms with van der Waals surface area (Å²) < 4.78 is 50.6. The monoisotopic (exact) mass is 436 g/mol. The molecule has 0 radical (unpaired) electrons. The van der Waals surface area contributed by atoms with Crippen LogP contribution in [0.25, 0.3) is 0 Å². The number of sulfone groups is 1. The summed E-state index contributed by atoms with van der Waals surface area (Å²) in [6.07, 6.45) is 5.91. The first-order valence-electron chi connectivity index (χ1n) is 9.57. The van der Waals surface area contributed by atoms with Crippen LogP contribution >= 0.6 is 0 Å². The van der Waals surface area contributed by atoms with Crippen molar-refractivity contribution in [2.45, 2.75) is 37.1 Å². The van der Waals surface area contributed by atoms with Gasteiger partial charge in [-0.25, -0.2) is 26.5 Å². The lowest BCUT2D eigenvalue weighted by Crippen LogP contribution is -2.44. The molecule has 1 aliphatic carbocycles. The second kappa shape index (κ2) is 7.66. The topological polar surface area (TPSA) is 118 Å². The van der Waals surface area contributed by atoms with Gasteiger partial charge in [0.25, 0.3) is 0 Å². The number of nitrogens with one attached hydrogen (secondary N) is 2. The number of rotatable bonds is 8. The molecule has 1 aliphatic heterocycles. The lowest BCUT2D eigenvalue weighted by molar-refractivity contribution is 0.508. The summed E-state index contributed by atoms with van der Waals surface area (Å²) in [7, 11) is -6.81. The Bertz CT molecular complexity index is 1100. The van der Waals surface area contributed by atoms with Crippen LogP contribution in [0.15, 0.2) is 35.5 Å². The lowest BCUT2D eigenvalue weighted by Gasteiger charge is -2.25. The zero-order valence-electron chi connectivity index (χ0n) is 16.1. The van der Waals surface area contributed by atoms with E-state index in [1.165, 1.54) is 18.4 Å². The van der Waals surface area contributed by atoms with Crippen LogP contribution in [0.4, 0.5) is 5.82 Å².